The van der Waals surface area contributed by atoms with Crippen molar-refractivity contribution in [2.24, 2.45) is 0 Å². The molecule has 0 aliphatic rings. The van der Waals surface area contributed by atoms with Gasteiger partial charge in [-0.05, 0) is 42.0 Å². The SMILES string of the molecule is COc1ccc(Br)c(CC(=O)c2cc(OC)ccc2Br)c1. The van der Waals surface area contributed by atoms with E-state index in [0.717, 1.165) is 20.3 Å². The van der Waals surface area contributed by atoms with E-state index in [1.54, 1.807) is 20.3 Å². The maximum Gasteiger partial charge on any atom is 0.168 e. The molecule has 0 amide bonds. The molecule has 0 saturated carbocycles. The molecule has 0 N–H and O–H groups in total. The largest absolute Gasteiger partial charge is 0.497 e. The highest BCUT2D eigenvalue weighted by molar-refractivity contribution is 9.10. The predicted molar refractivity (Wildman–Crippen MR) is 89.4 cm³/mol. The molecule has 2 aromatic carbocycles. The molecular formula is C16H14Br2O3. The van der Waals surface area contributed by atoms with E-state index < -0.39 is 0 Å². The molecular weight excluding hydrogens is 400 g/mol. The summed E-state index contributed by atoms with van der Waals surface area (Å²) in [6.45, 7) is 0. The average Bonchev–Trinajstić information content (AvgIpc) is 2.49. The first kappa shape index (κ1) is 16.0. The number of ether oxygens (including phenoxy) is 2. The second-order valence-electron chi connectivity index (χ2n) is 4.40. The monoisotopic (exact) mass is 412 g/mol. The molecule has 0 unspecified atom stereocenters. The Morgan fingerprint density at radius 1 is 0.952 bits per heavy atom. The van der Waals surface area contributed by atoms with Crippen LogP contribution in [0.4, 0.5) is 0 Å². The summed E-state index contributed by atoms with van der Waals surface area (Å²) >= 11 is 6.87. The summed E-state index contributed by atoms with van der Waals surface area (Å²) in [5.74, 6) is 1.40. The summed E-state index contributed by atoms with van der Waals surface area (Å²) in [7, 11) is 3.18. The predicted octanol–water partition coefficient (Wildman–Crippen LogP) is 4.65. The molecule has 0 aromatic heterocycles. The first-order valence-electron chi connectivity index (χ1n) is 6.24. The van der Waals surface area contributed by atoms with Crippen molar-refractivity contribution in [2.45, 2.75) is 6.42 Å². The summed E-state index contributed by atoms with van der Waals surface area (Å²) in [6.07, 6.45) is 0.281. The quantitative estimate of drug-likeness (QED) is 0.669. The minimum Gasteiger partial charge on any atom is -0.497 e. The lowest BCUT2D eigenvalue weighted by Gasteiger charge is -2.09. The van der Waals surface area contributed by atoms with Crippen molar-refractivity contribution in [3.05, 3.63) is 56.5 Å². The van der Waals surface area contributed by atoms with Gasteiger partial charge < -0.3 is 9.47 Å². The van der Waals surface area contributed by atoms with Crippen molar-refractivity contribution < 1.29 is 14.3 Å². The average molecular weight is 414 g/mol. The summed E-state index contributed by atoms with van der Waals surface area (Å²) in [5.41, 5.74) is 1.48. The number of halogens is 2. The summed E-state index contributed by atoms with van der Waals surface area (Å²) in [5, 5.41) is 0. The number of hydrogen-bond donors (Lipinski definition) is 0. The van der Waals surface area contributed by atoms with Crippen molar-refractivity contribution in [3.8, 4) is 11.5 Å². The van der Waals surface area contributed by atoms with E-state index in [9.17, 15) is 4.79 Å². The third-order valence-electron chi connectivity index (χ3n) is 3.08. The van der Waals surface area contributed by atoms with E-state index in [0.29, 0.717) is 11.3 Å². The van der Waals surface area contributed by atoms with Gasteiger partial charge in [-0.2, -0.15) is 0 Å². The zero-order chi connectivity index (χ0) is 15.4. The third kappa shape index (κ3) is 3.86. The molecule has 0 spiro atoms. The van der Waals surface area contributed by atoms with Gasteiger partial charge in [0.1, 0.15) is 11.5 Å². The highest BCUT2D eigenvalue weighted by atomic mass is 79.9. The molecule has 0 atom stereocenters. The van der Waals surface area contributed by atoms with Crippen molar-refractivity contribution in [1.82, 2.24) is 0 Å². The summed E-state index contributed by atoms with van der Waals surface area (Å²) in [4.78, 5) is 12.5. The maximum atomic E-state index is 12.5. The molecule has 2 aromatic rings. The number of ketones is 1. The summed E-state index contributed by atoms with van der Waals surface area (Å²) in [6, 6.07) is 10.9. The molecule has 5 heteroatoms. The van der Waals surface area contributed by atoms with Crippen LogP contribution in [-0.2, 0) is 6.42 Å². The Bertz CT molecular complexity index is 669. The van der Waals surface area contributed by atoms with Crippen LogP contribution in [0.5, 0.6) is 11.5 Å². The van der Waals surface area contributed by atoms with Gasteiger partial charge in [0.25, 0.3) is 0 Å². The van der Waals surface area contributed by atoms with Crippen LogP contribution in [0.3, 0.4) is 0 Å². The molecule has 0 saturated heterocycles. The van der Waals surface area contributed by atoms with E-state index >= 15 is 0 Å². The Morgan fingerprint density at radius 3 is 2.14 bits per heavy atom. The van der Waals surface area contributed by atoms with Crippen LogP contribution in [0.25, 0.3) is 0 Å². The molecule has 2 rings (SSSR count). The zero-order valence-corrected chi connectivity index (χ0v) is 14.8. The fourth-order valence-corrected chi connectivity index (χ4v) is 2.78. The van der Waals surface area contributed by atoms with Crippen molar-refractivity contribution in [3.63, 3.8) is 0 Å². The van der Waals surface area contributed by atoms with Gasteiger partial charge in [0.05, 0.1) is 14.2 Å². The Labute approximate surface area is 140 Å². The highest BCUT2D eigenvalue weighted by Crippen LogP contribution is 2.27. The van der Waals surface area contributed by atoms with Crippen LogP contribution in [0, 0.1) is 0 Å². The van der Waals surface area contributed by atoms with Crippen molar-refractivity contribution in [1.29, 1.82) is 0 Å². The van der Waals surface area contributed by atoms with Gasteiger partial charge in [0.2, 0.25) is 0 Å². The normalized spacial score (nSPS) is 10.3. The Kier molecular flexibility index (Phi) is 5.42. The Hall–Kier alpha value is -1.33. The van der Waals surface area contributed by atoms with Crippen LogP contribution < -0.4 is 9.47 Å². The first-order chi connectivity index (χ1) is 10.0. The topological polar surface area (TPSA) is 35.5 Å². The van der Waals surface area contributed by atoms with E-state index in [1.807, 2.05) is 30.3 Å². The van der Waals surface area contributed by atoms with E-state index in [1.165, 1.54) is 0 Å². The van der Waals surface area contributed by atoms with E-state index in [4.69, 9.17) is 9.47 Å². The van der Waals surface area contributed by atoms with Gasteiger partial charge in [0, 0.05) is 20.9 Å². The highest BCUT2D eigenvalue weighted by Gasteiger charge is 2.14. The fraction of sp³-hybridized carbons (Fsp3) is 0.188. The minimum atomic E-state index is 0.00901. The number of Topliss-reactive ketones (excluding diaryl/α,β-unsaturated/α-hetero) is 1. The lowest BCUT2D eigenvalue weighted by molar-refractivity contribution is 0.0991. The number of benzene rings is 2. The molecule has 0 aliphatic carbocycles. The molecule has 3 nitrogen and oxygen atoms in total. The fourth-order valence-electron chi connectivity index (χ4n) is 1.93. The Morgan fingerprint density at radius 2 is 1.52 bits per heavy atom. The van der Waals surface area contributed by atoms with E-state index in [2.05, 4.69) is 31.9 Å². The second-order valence-corrected chi connectivity index (χ2v) is 6.11. The lowest BCUT2D eigenvalue weighted by atomic mass is 10.0. The van der Waals surface area contributed by atoms with Crippen LogP contribution in [0.1, 0.15) is 15.9 Å². The minimum absolute atomic E-state index is 0.00901. The van der Waals surface area contributed by atoms with Crippen LogP contribution in [0.2, 0.25) is 0 Å². The van der Waals surface area contributed by atoms with Gasteiger partial charge >= 0.3 is 0 Å². The molecule has 0 radical (unpaired) electrons. The molecule has 0 bridgehead atoms. The summed E-state index contributed by atoms with van der Waals surface area (Å²) < 4.78 is 12.0. The van der Waals surface area contributed by atoms with Crippen LogP contribution in [0.15, 0.2) is 45.3 Å². The number of methoxy groups -OCH3 is 2. The maximum absolute atomic E-state index is 12.5. The molecule has 0 heterocycles. The molecule has 110 valence electrons. The number of carbonyl (C=O) groups excluding carboxylic acids is 1. The molecule has 21 heavy (non-hydrogen) atoms. The first-order valence-corrected chi connectivity index (χ1v) is 7.83. The number of carbonyl (C=O) groups is 1. The van der Waals surface area contributed by atoms with Gasteiger partial charge in [-0.3, -0.25) is 4.79 Å². The zero-order valence-electron chi connectivity index (χ0n) is 11.7. The van der Waals surface area contributed by atoms with Gasteiger partial charge in [-0.15, -0.1) is 0 Å². The molecule has 0 fully saturated rings. The van der Waals surface area contributed by atoms with Gasteiger partial charge in [-0.25, -0.2) is 0 Å². The van der Waals surface area contributed by atoms with Crippen molar-refractivity contribution >= 4 is 37.6 Å². The van der Waals surface area contributed by atoms with Crippen LogP contribution in [-0.4, -0.2) is 20.0 Å². The third-order valence-corrected chi connectivity index (χ3v) is 4.54. The molecule has 0 aliphatic heterocycles. The Balaban J connectivity index is 2.29. The van der Waals surface area contributed by atoms with Gasteiger partial charge in [-0.1, -0.05) is 31.9 Å². The number of hydrogen-bond acceptors (Lipinski definition) is 3. The van der Waals surface area contributed by atoms with Gasteiger partial charge in [0.15, 0.2) is 5.78 Å². The van der Waals surface area contributed by atoms with Crippen molar-refractivity contribution in [2.75, 3.05) is 14.2 Å². The van der Waals surface area contributed by atoms with E-state index in [-0.39, 0.29) is 12.2 Å². The lowest BCUT2D eigenvalue weighted by Crippen LogP contribution is -2.06. The standard InChI is InChI=1S/C16H14Br2O3/c1-20-11-3-5-14(17)10(7-11)8-16(19)13-9-12(21-2)4-6-15(13)18/h3-7,9H,8H2,1-2H3. The smallest absolute Gasteiger partial charge is 0.168 e. The number of rotatable bonds is 5. The van der Waals surface area contributed by atoms with Crippen LogP contribution >= 0.6 is 31.9 Å². The second kappa shape index (κ2) is 7.09.